The van der Waals surface area contributed by atoms with Crippen LogP contribution in [0.5, 0.6) is 11.5 Å². The minimum absolute atomic E-state index is 0.0127. The Morgan fingerprint density at radius 3 is 2.63 bits per heavy atom. The van der Waals surface area contributed by atoms with Crippen molar-refractivity contribution in [2.24, 2.45) is 0 Å². The first-order valence-electron chi connectivity index (χ1n) is 12.1. The van der Waals surface area contributed by atoms with Crippen LogP contribution in [0.2, 0.25) is 0 Å². The van der Waals surface area contributed by atoms with Crippen LogP contribution in [-0.2, 0) is 29.5 Å². The molecule has 0 fully saturated rings. The number of nitrogens with zero attached hydrogens (tertiary/aromatic N) is 3. The maximum absolute atomic E-state index is 14.3. The van der Waals surface area contributed by atoms with E-state index in [9.17, 15) is 13.2 Å². The van der Waals surface area contributed by atoms with E-state index in [0.29, 0.717) is 44.7 Å². The summed E-state index contributed by atoms with van der Waals surface area (Å²) in [7, 11) is -4.11. The maximum atomic E-state index is 14.3. The Labute approximate surface area is 223 Å². The number of aromatic amines is 1. The van der Waals surface area contributed by atoms with Crippen molar-refractivity contribution in [1.82, 2.24) is 18.0 Å². The van der Waals surface area contributed by atoms with E-state index in [4.69, 9.17) is 9.47 Å². The third-order valence-corrected chi connectivity index (χ3v) is 9.22. The Kier molecular flexibility index (Phi) is 6.13. The molecule has 0 atom stereocenters. The molecule has 1 aliphatic rings. The second-order valence-electron chi connectivity index (χ2n) is 9.20. The Morgan fingerprint density at radius 1 is 0.974 bits per heavy atom. The van der Waals surface area contributed by atoms with Gasteiger partial charge in [-0.2, -0.15) is 13.1 Å². The highest BCUT2D eigenvalue weighted by molar-refractivity contribution is 7.89. The lowest BCUT2D eigenvalue weighted by atomic mass is 10.1. The third kappa shape index (κ3) is 4.32. The second-order valence-corrected chi connectivity index (χ2v) is 11.6. The molecule has 0 unspecified atom stereocenters. The average molecular weight is 549 g/mol. The number of H-pyrrole nitrogens is 1. The normalized spacial score (nSPS) is 13.1. The number of aryl methyl sites for hydroxylation is 2. The van der Waals surface area contributed by atoms with Crippen LogP contribution < -0.4 is 15.0 Å². The zero-order valence-electron chi connectivity index (χ0n) is 20.7. The van der Waals surface area contributed by atoms with Crippen LogP contribution in [-0.4, -0.2) is 33.2 Å². The van der Waals surface area contributed by atoms with Gasteiger partial charge in [-0.3, -0.25) is 4.79 Å². The molecule has 0 spiro atoms. The van der Waals surface area contributed by atoms with Crippen LogP contribution in [0.1, 0.15) is 29.2 Å². The fourth-order valence-electron chi connectivity index (χ4n) is 4.68. The molecule has 11 heteroatoms. The molecule has 3 heterocycles. The topological polar surface area (TPSA) is 114 Å². The molecular weight excluding hydrogens is 524 g/mol. The number of aromatic nitrogens is 3. The van der Waals surface area contributed by atoms with Crippen molar-refractivity contribution in [1.29, 1.82) is 0 Å². The Morgan fingerprint density at radius 2 is 1.79 bits per heavy atom. The van der Waals surface area contributed by atoms with Gasteiger partial charge in [0, 0.05) is 24.2 Å². The first-order valence-corrected chi connectivity index (χ1v) is 14.3. The average Bonchev–Trinajstić information content (AvgIpc) is 3.57. The minimum atomic E-state index is -4.11. The molecular formula is C27H24N4O5S2. The number of hydrogen-bond donors (Lipinski definition) is 1. The monoisotopic (exact) mass is 548 g/mol. The SMILES string of the molecule is CCc1ccc2[nH]c(=O)c(CN(Cc3ccc4c(c3)OCO4)S(=O)(=O)c3c(C)ccc4nsnc34)cc2c1. The van der Waals surface area contributed by atoms with Gasteiger partial charge in [-0.15, -0.1) is 0 Å². The van der Waals surface area contributed by atoms with E-state index in [1.165, 1.54) is 4.31 Å². The lowest BCUT2D eigenvalue weighted by Gasteiger charge is -2.23. The van der Waals surface area contributed by atoms with Gasteiger partial charge in [0.25, 0.3) is 5.56 Å². The molecule has 0 saturated carbocycles. The van der Waals surface area contributed by atoms with Crippen LogP contribution >= 0.6 is 11.7 Å². The van der Waals surface area contributed by atoms with Crippen molar-refractivity contribution >= 4 is 43.7 Å². The van der Waals surface area contributed by atoms with Gasteiger partial charge in [-0.25, -0.2) is 8.42 Å². The summed E-state index contributed by atoms with van der Waals surface area (Å²) in [6.45, 7) is 3.79. The highest BCUT2D eigenvalue weighted by Crippen LogP contribution is 2.34. The van der Waals surface area contributed by atoms with Gasteiger partial charge in [-0.05, 0) is 71.8 Å². The molecule has 0 amide bonds. The number of benzene rings is 3. The molecule has 0 saturated heterocycles. The van der Waals surface area contributed by atoms with E-state index in [-0.39, 0.29) is 30.3 Å². The number of sulfonamides is 1. The van der Waals surface area contributed by atoms with Gasteiger partial charge >= 0.3 is 0 Å². The zero-order valence-corrected chi connectivity index (χ0v) is 22.4. The smallest absolute Gasteiger partial charge is 0.252 e. The highest BCUT2D eigenvalue weighted by Gasteiger charge is 2.31. The summed E-state index contributed by atoms with van der Waals surface area (Å²) in [5.41, 5.74) is 3.93. The standard InChI is InChI=1S/C27H24N4O5S2/c1-3-17-5-8-21-19(10-17)12-20(27(32)28-21)14-31(13-18-6-9-23-24(11-18)36-15-35-23)38(33,34)26-16(2)4-7-22-25(26)30-37-29-22/h4-12H,3,13-15H2,1-2H3,(H,28,32). The molecule has 6 rings (SSSR count). The molecule has 3 aromatic carbocycles. The van der Waals surface area contributed by atoms with Crippen molar-refractivity contribution < 1.29 is 17.9 Å². The fraction of sp³-hybridized carbons (Fsp3) is 0.222. The van der Waals surface area contributed by atoms with Crippen molar-refractivity contribution in [3.05, 3.63) is 87.2 Å². The van der Waals surface area contributed by atoms with Gasteiger partial charge in [0.2, 0.25) is 16.8 Å². The van der Waals surface area contributed by atoms with Crippen LogP contribution in [0.3, 0.4) is 0 Å². The lowest BCUT2D eigenvalue weighted by Crippen LogP contribution is -2.33. The van der Waals surface area contributed by atoms with Crippen molar-refractivity contribution in [2.45, 2.75) is 38.3 Å². The summed E-state index contributed by atoms with van der Waals surface area (Å²) in [6, 6.07) is 16.4. The number of nitrogens with one attached hydrogen (secondary N) is 1. The largest absolute Gasteiger partial charge is 0.454 e. The summed E-state index contributed by atoms with van der Waals surface area (Å²) >= 11 is 0.964. The van der Waals surface area contributed by atoms with E-state index < -0.39 is 10.0 Å². The maximum Gasteiger partial charge on any atom is 0.252 e. The first kappa shape index (κ1) is 24.5. The van der Waals surface area contributed by atoms with Gasteiger partial charge < -0.3 is 14.5 Å². The Balaban J connectivity index is 1.47. The molecule has 9 nitrogen and oxygen atoms in total. The highest BCUT2D eigenvalue weighted by atomic mass is 32.2. The zero-order chi connectivity index (χ0) is 26.4. The molecule has 194 valence electrons. The number of fused-ring (bicyclic) bond motifs is 3. The molecule has 0 bridgehead atoms. The molecule has 2 aromatic heterocycles. The van der Waals surface area contributed by atoms with Gasteiger partial charge in [0.15, 0.2) is 11.5 Å². The van der Waals surface area contributed by atoms with Crippen LogP contribution in [0.4, 0.5) is 0 Å². The van der Waals surface area contributed by atoms with E-state index in [1.54, 1.807) is 43.3 Å². The number of hydrogen-bond acceptors (Lipinski definition) is 8. The summed E-state index contributed by atoms with van der Waals surface area (Å²) in [6.07, 6.45) is 0.847. The predicted octanol–water partition coefficient (Wildman–Crippen LogP) is 4.52. The minimum Gasteiger partial charge on any atom is -0.454 e. The summed E-state index contributed by atoms with van der Waals surface area (Å²) < 4.78 is 49.3. The molecule has 0 aliphatic carbocycles. The fourth-order valence-corrected chi connectivity index (χ4v) is 7.04. The van der Waals surface area contributed by atoms with Gasteiger partial charge in [-0.1, -0.05) is 25.1 Å². The Bertz CT molecular complexity index is 1860. The van der Waals surface area contributed by atoms with Crippen molar-refractivity contribution in [3.8, 4) is 11.5 Å². The lowest BCUT2D eigenvalue weighted by molar-refractivity contribution is 0.174. The van der Waals surface area contributed by atoms with Gasteiger partial charge in [0.1, 0.15) is 15.9 Å². The molecule has 38 heavy (non-hydrogen) atoms. The molecule has 5 aromatic rings. The first-order chi connectivity index (χ1) is 18.3. The van der Waals surface area contributed by atoms with E-state index in [2.05, 4.69) is 20.7 Å². The summed E-state index contributed by atoms with van der Waals surface area (Å²) in [5.74, 6) is 1.16. The second kappa shape index (κ2) is 9.50. The van der Waals surface area contributed by atoms with E-state index >= 15 is 0 Å². The molecule has 1 N–H and O–H groups in total. The number of rotatable bonds is 7. The quantitative estimate of drug-likeness (QED) is 0.318. The van der Waals surface area contributed by atoms with E-state index in [1.807, 2.05) is 18.2 Å². The van der Waals surface area contributed by atoms with Crippen LogP contribution in [0.15, 0.2) is 64.3 Å². The van der Waals surface area contributed by atoms with Crippen LogP contribution in [0, 0.1) is 6.92 Å². The third-order valence-electron chi connectivity index (χ3n) is 6.71. The summed E-state index contributed by atoms with van der Waals surface area (Å²) in [4.78, 5) is 16.1. The van der Waals surface area contributed by atoms with Crippen molar-refractivity contribution in [3.63, 3.8) is 0 Å². The van der Waals surface area contributed by atoms with Crippen LogP contribution in [0.25, 0.3) is 21.9 Å². The number of ether oxygens (including phenoxy) is 2. The predicted molar refractivity (Wildman–Crippen MR) is 145 cm³/mol. The summed E-state index contributed by atoms with van der Waals surface area (Å²) in [5, 5.41) is 0.848. The van der Waals surface area contributed by atoms with Gasteiger partial charge in [0.05, 0.1) is 11.7 Å². The van der Waals surface area contributed by atoms with E-state index in [0.717, 1.165) is 29.1 Å². The Hall–Kier alpha value is -3.80. The number of pyridine rings is 1. The van der Waals surface area contributed by atoms with Crippen molar-refractivity contribution in [2.75, 3.05) is 6.79 Å². The molecule has 0 radical (unpaired) electrons. The molecule has 1 aliphatic heterocycles.